The van der Waals surface area contributed by atoms with Crippen molar-refractivity contribution in [3.05, 3.63) is 47.6 Å². The first-order valence-corrected chi connectivity index (χ1v) is 18.1. The molecule has 0 aromatic heterocycles. The van der Waals surface area contributed by atoms with Gasteiger partial charge in [0.05, 0.1) is 0 Å². The molecule has 0 saturated heterocycles. The average molecular weight is 623 g/mol. The van der Waals surface area contributed by atoms with E-state index in [1.165, 1.54) is 36.3 Å². The normalized spacial score (nSPS) is 15.4. The van der Waals surface area contributed by atoms with E-state index in [4.69, 9.17) is 8.85 Å². The maximum Gasteiger partial charge on any atom is 2.00 e. The third kappa shape index (κ3) is 8.96. The molecule has 0 saturated carbocycles. The molecule has 0 unspecified atom stereocenters. The van der Waals surface area contributed by atoms with Crippen LogP contribution in [0.4, 0.5) is 0 Å². The molecule has 7 heteroatoms. The largest absolute Gasteiger partial charge is 2.00 e. The van der Waals surface area contributed by atoms with Crippen molar-refractivity contribution in [2.75, 3.05) is 13.2 Å². The molecule has 0 atom stereocenters. The third-order valence-corrected chi connectivity index (χ3v) is 17.9. The van der Waals surface area contributed by atoms with Gasteiger partial charge >= 0.3 is 26.2 Å². The summed E-state index contributed by atoms with van der Waals surface area (Å²) >= 11 is 0. The molecule has 0 bridgehead atoms. The van der Waals surface area contributed by atoms with Crippen LogP contribution in [0, 0.1) is 5.41 Å². The number of hydrogen-bond acceptors (Lipinski definition) is 2. The van der Waals surface area contributed by atoms with E-state index in [0.717, 1.165) is 38.9 Å². The predicted octanol–water partition coefficient (Wildman–Crippen LogP) is 2.57. The fourth-order valence-corrected chi connectivity index (χ4v) is 10.9. The molecule has 2 nitrogen and oxygen atoms in total. The van der Waals surface area contributed by atoms with Crippen molar-refractivity contribution < 1.29 is 59.9 Å². The summed E-state index contributed by atoms with van der Waals surface area (Å²) < 4.78 is 13.5. The molecule has 0 N–H and O–H groups in total. The maximum atomic E-state index is 6.77. The van der Waals surface area contributed by atoms with Gasteiger partial charge in [0, 0.05) is 18.6 Å². The van der Waals surface area contributed by atoms with Crippen LogP contribution in [-0.2, 0) is 35.1 Å². The molecule has 2 rings (SSSR count). The van der Waals surface area contributed by atoms with Crippen LogP contribution in [0.3, 0.4) is 0 Å². The fourth-order valence-electron chi connectivity index (χ4n) is 5.57. The second kappa shape index (κ2) is 18.1. The number of hydrogen-bond donors (Lipinski definition) is 0. The molecule has 34 heavy (non-hydrogen) atoms. The summed E-state index contributed by atoms with van der Waals surface area (Å²) in [6, 6.07) is 7.35. The standard InChI is InChI=1S/C27H48O2Si2.2ClH.Zr/c1-7-30(8-2,9-3)28-23-21-27(25-17-13-14-18-25,26-19-15-16-20-26)22-24-29-31(10-4,11-5)12-6;;;/h13-17,19H,7-12,18,20-24H2,1-6H3;2*1H;/q;;;+2/p-2. The van der Waals surface area contributed by atoms with Crippen molar-refractivity contribution in [3.63, 3.8) is 0 Å². The van der Waals surface area contributed by atoms with E-state index in [-0.39, 0.29) is 56.4 Å². The number of allylic oxidation sites excluding steroid dienone is 8. The van der Waals surface area contributed by atoms with Gasteiger partial charge in [-0.1, -0.05) is 89.1 Å². The van der Waals surface area contributed by atoms with Gasteiger partial charge in [-0.2, -0.15) is 0 Å². The molecule has 0 aromatic carbocycles. The van der Waals surface area contributed by atoms with Gasteiger partial charge in [0.2, 0.25) is 0 Å². The molecule has 194 valence electrons. The number of halogens is 2. The van der Waals surface area contributed by atoms with Crippen molar-refractivity contribution in [1.82, 2.24) is 0 Å². The average Bonchev–Trinajstić information content (AvgIpc) is 3.54. The van der Waals surface area contributed by atoms with Gasteiger partial charge < -0.3 is 33.7 Å². The smallest absolute Gasteiger partial charge is 1.00 e. The Bertz CT molecular complexity index is 610. The molecule has 0 heterocycles. The first kappa shape index (κ1) is 36.9. The van der Waals surface area contributed by atoms with Crippen LogP contribution >= 0.6 is 0 Å². The van der Waals surface area contributed by atoms with Gasteiger partial charge in [-0.3, -0.25) is 0 Å². The van der Waals surface area contributed by atoms with Gasteiger partial charge in [-0.05, 0) is 61.9 Å². The predicted molar refractivity (Wildman–Crippen MR) is 142 cm³/mol. The van der Waals surface area contributed by atoms with Crippen molar-refractivity contribution in [1.29, 1.82) is 0 Å². The van der Waals surface area contributed by atoms with E-state index in [2.05, 4.69) is 78.0 Å². The van der Waals surface area contributed by atoms with Crippen LogP contribution in [0.5, 0.6) is 0 Å². The molecular weight excluding hydrogens is 575 g/mol. The van der Waals surface area contributed by atoms with Gasteiger partial charge in [-0.15, -0.1) is 0 Å². The second-order valence-corrected chi connectivity index (χ2v) is 19.0. The van der Waals surface area contributed by atoms with E-state index < -0.39 is 16.6 Å². The number of rotatable bonds is 16. The van der Waals surface area contributed by atoms with Gasteiger partial charge in [0.15, 0.2) is 16.6 Å². The summed E-state index contributed by atoms with van der Waals surface area (Å²) in [4.78, 5) is 0. The molecule has 0 aromatic rings. The third-order valence-electron chi connectivity index (χ3n) is 8.51. The molecule has 0 aliphatic heterocycles. The second-order valence-electron chi connectivity index (χ2n) is 9.41. The van der Waals surface area contributed by atoms with E-state index >= 15 is 0 Å². The van der Waals surface area contributed by atoms with Gasteiger partial charge in [0.1, 0.15) is 0 Å². The van der Waals surface area contributed by atoms with Crippen LogP contribution < -0.4 is 24.8 Å². The van der Waals surface area contributed by atoms with Crippen molar-refractivity contribution in [2.24, 2.45) is 5.41 Å². The summed E-state index contributed by atoms with van der Waals surface area (Å²) in [5.74, 6) is 0. The summed E-state index contributed by atoms with van der Waals surface area (Å²) in [6.45, 7) is 15.8. The zero-order valence-corrected chi connectivity index (χ0v) is 28.5. The minimum absolute atomic E-state index is 0. The van der Waals surface area contributed by atoms with Crippen LogP contribution in [0.15, 0.2) is 47.6 Å². The summed E-state index contributed by atoms with van der Waals surface area (Å²) in [7, 11) is -3.14. The van der Waals surface area contributed by atoms with E-state index in [0.29, 0.717) is 0 Å². The maximum absolute atomic E-state index is 6.77. The Labute approximate surface area is 244 Å². The monoisotopic (exact) mass is 620 g/mol. The van der Waals surface area contributed by atoms with Gasteiger partial charge in [-0.25, -0.2) is 0 Å². The Hall–Kier alpha value is 0.777. The van der Waals surface area contributed by atoms with E-state index in [1.807, 2.05) is 0 Å². The van der Waals surface area contributed by atoms with Crippen LogP contribution in [0.1, 0.15) is 67.2 Å². The Morgan fingerprint density at radius 1 is 0.647 bits per heavy atom. The molecule has 0 fully saturated rings. The van der Waals surface area contributed by atoms with Crippen LogP contribution in [0.2, 0.25) is 36.3 Å². The topological polar surface area (TPSA) is 18.5 Å². The van der Waals surface area contributed by atoms with E-state index in [9.17, 15) is 0 Å². The van der Waals surface area contributed by atoms with Crippen molar-refractivity contribution in [2.45, 2.75) is 103 Å². The van der Waals surface area contributed by atoms with Crippen molar-refractivity contribution >= 4 is 16.6 Å². The molecule has 0 amide bonds. The zero-order chi connectivity index (χ0) is 22.8. The molecule has 0 radical (unpaired) electrons. The SMILES string of the molecule is CC[Si](CC)(CC)OCCC(CCO[Si](CC)(CC)CC)(C1=CC=CC1)C1=CC=CC1.[Cl-].[Cl-].[Zr+2]. The Morgan fingerprint density at radius 3 is 1.21 bits per heavy atom. The van der Waals surface area contributed by atoms with Gasteiger partial charge in [0.25, 0.3) is 0 Å². The minimum Gasteiger partial charge on any atom is -1.00 e. The Balaban J connectivity index is 0. The molecule has 2 aliphatic rings. The zero-order valence-electron chi connectivity index (χ0n) is 22.5. The molecule has 2 aliphatic carbocycles. The summed E-state index contributed by atoms with van der Waals surface area (Å²) in [5, 5.41) is 0. The minimum atomic E-state index is -1.57. The first-order chi connectivity index (χ1) is 15.0. The fraction of sp³-hybridized carbons (Fsp3) is 0.704. The van der Waals surface area contributed by atoms with Crippen LogP contribution in [0.25, 0.3) is 0 Å². The van der Waals surface area contributed by atoms with Crippen LogP contribution in [-0.4, -0.2) is 29.8 Å². The first-order valence-electron chi connectivity index (χ1n) is 13.0. The molecule has 0 spiro atoms. The summed E-state index contributed by atoms with van der Waals surface area (Å²) in [5.41, 5.74) is 3.23. The molecular formula is C27H48Cl2O2Si2Zr. The van der Waals surface area contributed by atoms with Crippen molar-refractivity contribution in [3.8, 4) is 0 Å². The quantitative estimate of drug-likeness (QED) is 0.247. The Kier molecular flexibility index (Phi) is 19.7. The summed E-state index contributed by atoms with van der Waals surface area (Å²) in [6.07, 6.45) is 18.2. The van der Waals surface area contributed by atoms with E-state index in [1.54, 1.807) is 11.1 Å². The Morgan fingerprint density at radius 2 is 0.971 bits per heavy atom.